The van der Waals surface area contributed by atoms with E-state index in [-0.39, 0.29) is 13.2 Å². The van der Waals surface area contributed by atoms with Crippen molar-refractivity contribution >= 4 is 16.6 Å². The zero-order valence-corrected chi connectivity index (χ0v) is 6.49. The predicted octanol–water partition coefficient (Wildman–Crippen LogP) is 2.32. The number of phosphoric acid groups is 1. The fraction of sp³-hybridized carbons (Fsp3) is 1.00. The maximum absolute atomic E-state index is 11.4. The second-order valence-corrected chi connectivity index (χ2v) is 3.87. The Morgan fingerprint density at radius 3 is 2.30 bits per heavy atom. The first-order valence-corrected chi connectivity index (χ1v) is 4.83. The molecule has 0 aromatic heterocycles. The van der Waals surface area contributed by atoms with E-state index < -0.39 is 16.6 Å². The molecule has 0 amide bonds. The summed E-state index contributed by atoms with van der Waals surface area (Å²) < 4.78 is 45.8. The third kappa shape index (κ3) is 2.22. The smallest absolute Gasteiger partial charge is 0.284 e. The topological polar surface area (TPSA) is 44.8 Å². The quantitative estimate of drug-likeness (QED) is 0.629. The van der Waals surface area contributed by atoms with E-state index >= 15 is 0 Å². The summed E-state index contributed by atoms with van der Waals surface area (Å²) in [5.74, 6) is 0. The zero-order valence-electron chi connectivity index (χ0n) is 4.70. The van der Waals surface area contributed by atoms with Gasteiger partial charge >= 0.3 is 16.6 Å². The molecule has 60 valence electrons. The van der Waals surface area contributed by atoms with Gasteiger partial charge in [0, 0.05) is 0 Å². The molecule has 0 aliphatic carbocycles. The Balaban J connectivity index is 2.44. The summed E-state index contributed by atoms with van der Waals surface area (Å²) in [6.07, 6.45) is 0. The summed E-state index contributed by atoms with van der Waals surface area (Å²) in [5.41, 5.74) is 0. The first-order valence-electron chi connectivity index (χ1n) is 2.33. The van der Waals surface area contributed by atoms with E-state index in [0.717, 1.165) is 0 Å². The molecule has 0 unspecified atom stereocenters. The number of hydrogen-bond acceptors (Lipinski definition) is 4. The van der Waals surface area contributed by atoms with Crippen LogP contribution >= 0.6 is 16.6 Å². The molecule has 0 saturated carbocycles. The van der Waals surface area contributed by atoms with Gasteiger partial charge < -0.3 is 0 Å². The molecule has 1 rings (SSSR count). The molecule has 1 heterocycles. The zero-order chi connectivity index (χ0) is 7.61. The van der Waals surface area contributed by atoms with Crippen molar-refractivity contribution in [3.8, 4) is 0 Å². The van der Waals surface area contributed by atoms with Gasteiger partial charge in [0.2, 0.25) is 0 Å². The largest absolute Gasteiger partial charge is 0.482 e. The van der Waals surface area contributed by atoms with E-state index in [9.17, 15) is 13.0 Å². The predicted molar refractivity (Wildman–Crippen MR) is 29.7 cm³/mol. The minimum absolute atomic E-state index is 0.0421. The van der Waals surface area contributed by atoms with Gasteiger partial charge in [-0.3, -0.25) is 9.05 Å². The summed E-state index contributed by atoms with van der Waals surface area (Å²) in [5, 5.41) is 0. The lowest BCUT2D eigenvalue weighted by Gasteiger charge is -2.05. The molecule has 8 heteroatoms. The Kier molecular flexibility index (Phi) is 2.72. The molecule has 0 bridgehead atoms. The summed E-state index contributed by atoms with van der Waals surface area (Å²) in [7, 11) is -7.52. The van der Waals surface area contributed by atoms with Gasteiger partial charge in [0.15, 0.2) is 0 Å². The highest BCUT2D eigenvalue weighted by Crippen LogP contribution is 2.63. The van der Waals surface area contributed by atoms with Crippen molar-refractivity contribution in [1.29, 1.82) is 0 Å². The van der Waals surface area contributed by atoms with Crippen molar-refractivity contribution in [2.45, 2.75) is 0 Å². The molecule has 0 atom stereocenters. The Morgan fingerprint density at radius 1 is 1.40 bits per heavy atom. The van der Waals surface area contributed by atoms with E-state index in [1.165, 1.54) is 0 Å². The highest BCUT2D eigenvalue weighted by atomic mass is 31.3. The molecule has 0 radical (unpaired) electrons. The van der Waals surface area contributed by atoms with Crippen LogP contribution in [-0.4, -0.2) is 13.2 Å². The van der Waals surface area contributed by atoms with Crippen LogP contribution in [0.2, 0.25) is 0 Å². The fourth-order valence-corrected chi connectivity index (χ4v) is 2.11. The van der Waals surface area contributed by atoms with Gasteiger partial charge in [0.25, 0.3) is 0 Å². The molecule has 10 heavy (non-hydrogen) atoms. The summed E-state index contributed by atoms with van der Waals surface area (Å²) >= 11 is 0. The van der Waals surface area contributed by atoms with Crippen molar-refractivity contribution in [2.75, 3.05) is 13.2 Å². The van der Waals surface area contributed by atoms with Crippen LogP contribution in [0.25, 0.3) is 0 Å². The van der Waals surface area contributed by atoms with E-state index in [2.05, 4.69) is 13.4 Å². The second kappa shape index (κ2) is 3.20. The lowest BCUT2D eigenvalue weighted by atomic mass is 10.8. The minimum atomic E-state index is -3.85. The van der Waals surface area contributed by atoms with Crippen molar-refractivity contribution in [2.24, 2.45) is 0 Å². The Bertz CT molecular complexity index is 151. The Morgan fingerprint density at radius 2 is 1.90 bits per heavy atom. The lowest BCUT2D eigenvalue weighted by Crippen LogP contribution is -1.79. The maximum atomic E-state index is 11.4. The van der Waals surface area contributed by atoms with Gasteiger partial charge in [-0.2, -0.15) is 8.39 Å². The number of halogens is 2. The normalized spacial score (nSPS) is 23.9. The third-order valence-electron chi connectivity index (χ3n) is 0.744. The second-order valence-electron chi connectivity index (χ2n) is 1.40. The molecule has 1 saturated heterocycles. The number of phosphoric ester groups is 1. The van der Waals surface area contributed by atoms with Crippen LogP contribution in [0.5, 0.6) is 0 Å². The first kappa shape index (κ1) is 8.50. The first-order chi connectivity index (χ1) is 4.62. The van der Waals surface area contributed by atoms with Gasteiger partial charge in [-0.25, -0.2) is 8.88 Å². The summed E-state index contributed by atoms with van der Waals surface area (Å²) in [4.78, 5) is 0. The van der Waals surface area contributed by atoms with E-state index in [0.29, 0.717) is 0 Å². The highest BCUT2D eigenvalue weighted by Gasteiger charge is 2.36. The molecular weight excluding hydrogens is 188 g/mol. The fourth-order valence-electron chi connectivity index (χ4n) is 0.458. The van der Waals surface area contributed by atoms with Crippen molar-refractivity contribution in [1.82, 2.24) is 0 Å². The molecule has 4 nitrogen and oxygen atoms in total. The summed E-state index contributed by atoms with van der Waals surface area (Å²) in [6, 6.07) is 0. The van der Waals surface area contributed by atoms with E-state index in [4.69, 9.17) is 0 Å². The molecular formula is C2H4F2O4P2. The molecule has 0 N–H and O–H groups in total. The van der Waals surface area contributed by atoms with Gasteiger partial charge in [-0.1, -0.05) is 0 Å². The van der Waals surface area contributed by atoms with Gasteiger partial charge in [-0.15, -0.1) is 0 Å². The molecule has 1 fully saturated rings. The molecule has 1 aliphatic rings. The van der Waals surface area contributed by atoms with Crippen LogP contribution in [0.4, 0.5) is 8.39 Å². The standard InChI is InChI=1S/C2H4F2O4P2/c3-9(4)8-10(5)6-1-2-7-10/h1-2H2. The van der Waals surface area contributed by atoms with E-state index in [1.54, 1.807) is 0 Å². The van der Waals surface area contributed by atoms with Gasteiger partial charge in [0.1, 0.15) is 0 Å². The average Bonchev–Trinajstić information content (AvgIpc) is 2.12. The average molecular weight is 192 g/mol. The van der Waals surface area contributed by atoms with Crippen LogP contribution < -0.4 is 0 Å². The minimum Gasteiger partial charge on any atom is -0.284 e. The van der Waals surface area contributed by atoms with Crippen LogP contribution in [0.3, 0.4) is 0 Å². The monoisotopic (exact) mass is 192 g/mol. The van der Waals surface area contributed by atoms with Crippen molar-refractivity contribution in [3.63, 3.8) is 0 Å². The molecule has 0 aromatic carbocycles. The maximum Gasteiger partial charge on any atom is 0.482 e. The molecule has 1 aliphatic heterocycles. The van der Waals surface area contributed by atoms with Crippen LogP contribution in [0.1, 0.15) is 0 Å². The third-order valence-corrected chi connectivity index (χ3v) is 3.04. The van der Waals surface area contributed by atoms with Gasteiger partial charge in [-0.05, 0) is 0 Å². The van der Waals surface area contributed by atoms with Crippen molar-refractivity contribution in [3.05, 3.63) is 0 Å². The SMILES string of the molecule is O=P1(OP(F)F)OCCO1. The molecule has 0 spiro atoms. The van der Waals surface area contributed by atoms with Crippen molar-refractivity contribution < 1.29 is 26.3 Å². The van der Waals surface area contributed by atoms with Crippen LogP contribution in [0, 0.1) is 0 Å². The Labute approximate surface area is 57.2 Å². The van der Waals surface area contributed by atoms with E-state index in [1.807, 2.05) is 0 Å². The van der Waals surface area contributed by atoms with Gasteiger partial charge in [0.05, 0.1) is 13.2 Å². The summed E-state index contributed by atoms with van der Waals surface area (Å²) in [6.45, 7) is 0.0842. The number of rotatable bonds is 2. The lowest BCUT2D eigenvalue weighted by molar-refractivity contribution is 0.268. The highest BCUT2D eigenvalue weighted by molar-refractivity contribution is 7.59. The Hall–Kier alpha value is 0.400. The van der Waals surface area contributed by atoms with Crippen LogP contribution in [-0.2, 0) is 17.9 Å². The van der Waals surface area contributed by atoms with Crippen LogP contribution in [0.15, 0.2) is 0 Å². The number of hydrogen-bond donors (Lipinski definition) is 0. The molecule has 0 aromatic rings.